The third-order valence-corrected chi connectivity index (χ3v) is 5.32. The normalized spacial score (nSPS) is 20.2. The van der Waals surface area contributed by atoms with Crippen LogP contribution in [0.1, 0.15) is 25.0 Å². The Hall–Kier alpha value is -3.17. The van der Waals surface area contributed by atoms with Gasteiger partial charge in [-0.25, -0.2) is 4.79 Å². The van der Waals surface area contributed by atoms with E-state index in [2.05, 4.69) is 20.9 Å². The molecule has 32 heavy (non-hydrogen) atoms. The van der Waals surface area contributed by atoms with Crippen LogP contribution < -0.4 is 20.7 Å². The highest BCUT2D eigenvalue weighted by atomic mass is 16.5. The minimum atomic E-state index is -0.513. The van der Waals surface area contributed by atoms with Crippen LogP contribution in [-0.4, -0.2) is 60.5 Å². The number of aliphatic hydroxyl groups excluding tert-OH is 1. The number of carbonyl (C=O) groups excluding carboxylic acids is 2. The Kier molecular flexibility index (Phi) is 8.82. The van der Waals surface area contributed by atoms with Crippen LogP contribution in [0.15, 0.2) is 48.7 Å². The highest BCUT2D eigenvalue weighted by molar-refractivity contribution is 5.91. The number of para-hydroxylation sites is 2. The number of carbonyl (C=O) groups is 2. The van der Waals surface area contributed by atoms with Crippen molar-refractivity contribution in [1.29, 1.82) is 0 Å². The molecule has 3 amide bonds. The minimum Gasteiger partial charge on any atom is -0.495 e. The van der Waals surface area contributed by atoms with Crippen LogP contribution >= 0.6 is 0 Å². The lowest BCUT2D eigenvalue weighted by molar-refractivity contribution is -0.121. The second-order valence-electron chi connectivity index (χ2n) is 7.60. The standard InChI is InChI=1S/C23H30N4O5/c1-31-20-8-3-2-7-18(20)26-23(30)27-19-10-9-17(32-21(19)15-28)11-13-25-22(29)14-16-6-4-5-12-24-16/h2-8,12,17,19,21,28H,9-11,13-15H2,1H3,(H,25,29)(H2,26,27,30)/t17-,19+,21-/m1/s1. The maximum Gasteiger partial charge on any atom is 0.319 e. The first-order valence-corrected chi connectivity index (χ1v) is 10.7. The number of hydrogen-bond donors (Lipinski definition) is 4. The van der Waals surface area contributed by atoms with Crippen molar-refractivity contribution in [2.24, 2.45) is 0 Å². The van der Waals surface area contributed by atoms with Crippen LogP contribution in [-0.2, 0) is 16.0 Å². The van der Waals surface area contributed by atoms with E-state index >= 15 is 0 Å². The van der Waals surface area contributed by atoms with Crippen LogP contribution in [0.4, 0.5) is 10.5 Å². The van der Waals surface area contributed by atoms with Crippen molar-refractivity contribution in [1.82, 2.24) is 15.6 Å². The van der Waals surface area contributed by atoms with Crippen LogP contribution in [0.2, 0.25) is 0 Å². The molecule has 1 fully saturated rings. The number of methoxy groups -OCH3 is 1. The van der Waals surface area contributed by atoms with Gasteiger partial charge < -0.3 is 30.5 Å². The Labute approximate surface area is 187 Å². The molecule has 0 radical (unpaired) electrons. The zero-order chi connectivity index (χ0) is 22.8. The monoisotopic (exact) mass is 442 g/mol. The second-order valence-corrected chi connectivity index (χ2v) is 7.60. The van der Waals surface area contributed by atoms with Gasteiger partial charge in [-0.05, 0) is 43.5 Å². The van der Waals surface area contributed by atoms with E-state index in [1.54, 1.807) is 24.4 Å². The molecular formula is C23H30N4O5. The summed E-state index contributed by atoms with van der Waals surface area (Å²) < 4.78 is 11.2. The summed E-state index contributed by atoms with van der Waals surface area (Å²) in [4.78, 5) is 28.6. The van der Waals surface area contributed by atoms with Crippen LogP contribution in [0, 0.1) is 0 Å². The highest BCUT2D eigenvalue weighted by Crippen LogP contribution is 2.24. The van der Waals surface area contributed by atoms with Gasteiger partial charge in [0.15, 0.2) is 0 Å². The molecule has 3 rings (SSSR count). The van der Waals surface area contributed by atoms with Crippen molar-refractivity contribution < 1.29 is 24.2 Å². The van der Waals surface area contributed by atoms with Gasteiger partial charge >= 0.3 is 6.03 Å². The average molecular weight is 443 g/mol. The van der Waals surface area contributed by atoms with Gasteiger partial charge in [-0.3, -0.25) is 9.78 Å². The summed E-state index contributed by atoms with van der Waals surface area (Å²) >= 11 is 0. The summed E-state index contributed by atoms with van der Waals surface area (Å²) in [5.41, 5.74) is 1.28. The van der Waals surface area contributed by atoms with E-state index in [0.29, 0.717) is 37.2 Å². The molecule has 172 valence electrons. The fourth-order valence-corrected chi connectivity index (χ4v) is 3.69. The maximum atomic E-state index is 12.4. The Balaban J connectivity index is 1.41. The fraction of sp³-hybridized carbons (Fsp3) is 0.435. The number of anilines is 1. The van der Waals surface area contributed by atoms with Crippen LogP contribution in [0.5, 0.6) is 5.75 Å². The third-order valence-electron chi connectivity index (χ3n) is 5.32. The summed E-state index contributed by atoms with van der Waals surface area (Å²) in [5.74, 6) is 0.470. The predicted molar refractivity (Wildman–Crippen MR) is 119 cm³/mol. The highest BCUT2D eigenvalue weighted by Gasteiger charge is 2.31. The molecule has 2 aromatic rings. The molecule has 9 nitrogen and oxygen atoms in total. The quantitative estimate of drug-likeness (QED) is 0.470. The number of benzene rings is 1. The first kappa shape index (κ1) is 23.5. The molecule has 1 aromatic carbocycles. The molecule has 0 bridgehead atoms. The summed E-state index contributed by atoms with van der Waals surface area (Å²) in [6.07, 6.45) is 3.29. The Bertz CT molecular complexity index is 880. The fourth-order valence-electron chi connectivity index (χ4n) is 3.69. The number of nitrogens with one attached hydrogen (secondary N) is 3. The van der Waals surface area contributed by atoms with Gasteiger partial charge in [0.25, 0.3) is 0 Å². The van der Waals surface area contributed by atoms with Crippen molar-refractivity contribution in [3.63, 3.8) is 0 Å². The van der Waals surface area contributed by atoms with Crippen LogP contribution in [0.3, 0.4) is 0 Å². The molecule has 0 unspecified atom stereocenters. The number of aromatic nitrogens is 1. The van der Waals surface area contributed by atoms with E-state index in [1.165, 1.54) is 7.11 Å². The van der Waals surface area contributed by atoms with Crippen molar-refractivity contribution >= 4 is 17.6 Å². The van der Waals surface area contributed by atoms with E-state index in [-0.39, 0.29) is 37.1 Å². The van der Waals surface area contributed by atoms with Gasteiger partial charge in [0.2, 0.25) is 5.91 Å². The Morgan fingerprint density at radius 3 is 2.75 bits per heavy atom. The smallest absolute Gasteiger partial charge is 0.319 e. The van der Waals surface area contributed by atoms with Gasteiger partial charge in [0.05, 0.1) is 38.0 Å². The number of pyridine rings is 1. The number of urea groups is 1. The summed E-state index contributed by atoms with van der Waals surface area (Å²) in [7, 11) is 1.54. The number of nitrogens with zero attached hydrogens (tertiary/aromatic N) is 1. The zero-order valence-electron chi connectivity index (χ0n) is 18.1. The van der Waals surface area contributed by atoms with Gasteiger partial charge in [-0.1, -0.05) is 18.2 Å². The molecule has 0 aliphatic carbocycles. The number of ether oxygens (including phenoxy) is 2. The Morgan fingerprint density at radius 2 is 2.00 bits per heavy atom. The number of aliphatic hydroxyl groups is 1. The van der Waals surface area contributed by atoms with E-state index in [1.807, 2.05) is 24.3 Å². The molecule has 1 saturated heterocycles. The van der Waals surface area contributed by atoms with Crippen molar-refractivity contribution in [2.75, 3.05) is 25.6 Å². The third kappa shape index (κ3) is 6.93. The molecule has 9 heteroatoms. The molecule has 1 aliphatic rings. The first-order valence-electron chi connectivity index (χ1n) is 10.7. The lowest BCUT2D eigenvalue weighted by atomic mass is 9.97. The van der Waals surface area contributed by atoms with Crippen molar-refractivity contribution in [3.8, 4) is 5.75 Å². The lowest BCUT2D eigenvalue weighted by Gasteiger charge is -2.36. The molecular weight excluding hydrogens is 412 g/mol. The maximum absolute atomic E-state index is 12.4. The molecule has 2 heterocycles. The van der Waals surface area contributed by atoms with Gasteiger partial charge in [-0.15, -0.1) is 0 Å². The average Bonchev–Trinajstić information content (AvgIpc) is 2.81. The predicted octanol–water partition coefficient (Wildman–Crippen LogP) is 1.87. The van der Waals surface area contributed by atoms with Crippen LogP contribution in [0.25, 0.3) is 0 Å². The SMILES string of the molecule is COc1ccccc1NC(=O)N[C@H]1CC[C@H](CCNC(=O)Cc2ccccn2)O[C@@H]1CO. The van der Waals surface area contributed by atoms with E-state index in [0.717, 1.165) is 5.69 Å². The van der Waals surface area contributed by atoms with Gasteiger partial charge in [-0.2, -0.15) is 0 Å². The van der Waals surface area contributed by atoms with Crippen molar-refractivity contribution in [2.45, 2.75) is 43.9 Å². The number of rotatable bonds is 9. The summed E-state index contributed by atoms with van der Waals surface area (Å²) in [6, 6.07) is 11.9. The molecule has 0 saturated carbocycles. The molecule has 3 atom stereocenters. The van der Waals surface area contributed by atoms with Crippen molar-refractivity contribution in [3.05, 3.63) is 54.4 Å². The van der Waals surface area contributed by atoms with E-state index < -0.39 is 6.10 Å². The summed E-state index contributed by atoms with van der Waals surface area (Å²) in [5, 5.41) is 18.3. The zero-order valence-corrected chi connectivity index (χ0v) is 18.1. The molecule has 4 N–H and O–H groups in total. The number of hydrogen-bond acceptors (Lipinski definition) is 6. The first-order chi connectivity index (χ1) is 15.6. The molecule has 1 aromatic heterocycles. The largest absolute Gasteiger partial charge is 0.495 e. The van der Waals surface area contributed by atoms with Gasteiger partial charge in [0.1, 0.15) is 11.9 Å². The topological polar surface area (TPSA) is 122 Å². The molecule has 1 aliphatic heterocycles. The minimum absolute atomic E-state index is 0.0919. The summed E-state index contributed by atoms with van der Waals surface area (Å²) in [6.45, 7) is 0.267. The van der Waals surface area contributed by atoms with E-state index in [9.17, 15) is 14.7 Å². The number of amides is 3. The molecule has 0 spiro atoms. The van der Waals surface area contributed by atoms with E-state index in [4.69, 9.17) is 9.47 Å². The van der Waals surface area contributed by atoms with Gasteiger partial charge in [0, 0.05) is 18.4 Å². The second kappa shape index (κ2) is 12.0. The Morgan fingerprint density at radius 1 is 1.19 bits per heavy atom. The lowest BCUT2D eigenvalue weighted by Crippen LogP contribution is -2.52.